The molecule has 3 rings (SSSR count). The molecule has 1 heterocycles. The molecule has 3 aromatic rings. The Morgan fingerprint density at radius 1 is 1.15 bits per heavy atom. The Hall–Kier alpha value is -0.830. The topological polar surface area (TPSA) is 0 Å². The van der Waals surface area contributed by atoms with Crippen LogP contribution in [0.2, 0.25) is 0 Å². The summed E-state index contributed by atoms with van der Waals surface area (Å²) in [5.74, 6) is 0. The minimum absolute atomic E-state index is 0.0239. The van der Waals surface area contributed by atoms with Crippen molar-refractivity contribution in [2.75, 3.05) is 0 Å². The number of halogens is 2. The molecule has 0 aliphatic heterocycles. The van der Waals surface area contributed by atoms with Crippen LogP contribution in [0, 0.1) is 6.92 Å². The third-order valence-electron chi connectivity index (χ3n) is 3.46. The van der Waals surface area contributed by atoms with Gasteiger partial charge in [0.15, 0.2) is 0 Å². The first-order valence-electron chi connectivity index (χ1n) is 6.51. The van der Waals surface area contributed by atoms with Crippen LogP contribution in [-0.2, 0) is 6.42 Å². The molecule has 2 aromatic carbocycles. The summed E-state index contributed by atoms with van der Waals surface area (Å²) in [6.45, 7) is 2.10. The van der Waals surface area contributed by atoms with Gasteiger partial charge in [0.05, 0.1) is 9.16 Å². The van der Waals surface area contributed by atoms with Gasteiger partial charge in [0.2, 0.25) is 0 Å². The van der Waals surface area contributed by atoms with Crippen LogP contribution < -0.4 is 0 Å². The standard InChI is InChI=1S/C17H14BrClS/c1-11-9-16(20-17(11)18)15(19)10-13-7-4-6-12-5-2-3-8-14(12)13/h2-9,15H,10H2,1H3. The number of rotatable bonds is 3. The van der Waals surface area contributed by atoms with Crippen LogP contribution in [0.15, 0.2) is 52.3 Å². The molecule has 0 radical (unpaired) electrons. The van der Waals surface area contributed by atoms with Gasteiger partial charge in [-0.2, -0.15) is 0 Å². The van der Waals surface area contributed by atoms with Crippen molar-refractivity contribution in [1.29, 1.82) is 0 Å². The lowest BCUT2D eigenvalue weighted by atomic mass is 10.0. The Morgan fingerprint density at radius 2 is 1.90 bits per heavy atom. The zero-order valence-electron chi connectivity index (χ0n) is 11.1. The second kappa shape index (κ2) is 5.88. The Labute approximate surface area is 136 Å². The van der Waals surface area contributed by atoms with E-state index < -0.39 is 0 Å². The number of hydrogen-bond acceptors (Lipinski definition) is 1. The smallest absolute Gasteiger partial charge is 0.0731 e. The fourth-order valence-corrected chi connectivity index (χ4v) is 4.31. The normalized spacial score (nSPS) is 12.8. The second-order valence-electron chi connectivity index (χ2n) is 4.92. The molecule has 0 saturated carbocycles. The molecule has 3 heteroatoms. The zero-order chi connectivity index (χ0) is 14.1. The molecule has 1 aromatic heterocycles. The van der Waals surface area contributed by atoms with Crippen LogP contribution in [-0.4, -0.2) is 0 Å². The van der Waals surface area contributed by atoms with Gasteiger partial charge in [-0.25, -0.2) is 0 Å². The maximum Gasteiger partial charge on any atom is 0.0731 e. The Morgan fingerprint density at radius 3 is 2.65 bits per heavy atom. The zero-order valence-corrected chi connectivity index (χ0v) is 14.2. The quantitative estimate of drug-likeness (QED) is 0.465. The largest absolute Gasteiger partial charge is 0.131 e. The number of thiophene rings is 1. The minimum Gasteiger partial charge on any atom is -0.131 e. The van der Waals surface area contributed by atoms with Crippen molar-refractivity contribution in [3.63, 3.8) is 0 Å². The van der Waals surface area contributed by atoms with Crippen LogP contribution in [0.25, 0.3) is 10.8 Å². The molecular formula is C17H14BrClS. The van der Waals surface area contributed by atoms with Crippen molar-refractivity contribution in [3.05, 3.63) is 68.3 Å². The first-order chi connectivity index (χ1) is 9.65. The highest BCUT2D eigenvalue weighted by atomic mass is 79.9. The molecule has 0 nitrogen and oxygen atoms in total. The van der Waals surface area contributed by atoms with Gasteiger partial charge in [0, 0.05) is 4.88 Å². The molecule has 0 saturated heterocycles. The van der Waals surface area contributed by atoms with E-state index in [1.54, 1.807) is 11.3 Å². The van der Waals surface area contributed by atoms with Crippen LogP contribution in [0.4, 0.5) is 0 Å². The predicted octanol–water partition coefficient (Wildman–Crippen LogP) is 6.49. The van der Waals surface area contributed by atoms with Crippen molar-refractivity contribution in [3.8, 4) is 0 Å². The van der Waals surface area contributed by atoms with Crippen LogP contribution in [0.3, 0.4) is 0 Å². The molecule has 20 heavy (non-hydrogen) atoms. The van der Waals surface area contributed by atoms with Crippen molar-refractivity contribution in [2.45, 2.75) is 18.7 Å². The van der Waals surface area contributed by atoms with Crippen LogP contribution in [0.5, 0.6) is 0 Å². The molecule has 0 fully saturated rings. The van der Waals surface area contributed by atoms with Gasteiger partial charge in [0.1, 0.15) is 0 Å². The van der Waals surface area contributed by atoms with E-state index in [1.807, 2.05) is 0 Å². The lowest BCUT2D eigenvalue weighted by Crippen LogP contribution is -1.94. The predicted molar refractivity (Wildman–Crippen MR) is 93.0 cm³/mol. The summed E-state index contributed by atoms with van der Waals surface area (Å²) in [4.78, 5) is 1.23. The van der Waals surface area contributed by atoms with Crippen molar-refractivity contribution < 1.29 is 0 Å². The highest BCUT2D eigenvalue weighted by Crippen LogP contribution is 2.36. The third kappa shape index (κ3) is 2.78. The fraction of sp³-hybridized carbons (Fsp3) is 0.176. The summed E-state index contributed by atoms with van der Waals surface area (Å²) >= 11 is 11.9. The number of fused-ring (bicyclic) bond motifs is 1. The lowest BCUT2D eigenvalue weighted by Gasteiger charge is -2.10. The third-order valence-corrected chi connectivity index (χ3v) is 6.23. The highest BCUT2D eigenvalue weighted by molar-refractivity contribution is 9.11. The summed E-state index contributed by atoms with van der Waals surface area (Å²) in [7, 11) is 0. The fourth-order valence-electron chi connectivity index (χ4n) is 2.40. The summed E-state index contributed by atoms with van der Waals surface area (Å²) in [5.41, 5.74) is 2.57. The summed E-state index contributed by atoms with van der Waals surface area (Å²) < 4.78 is 1.18. The average Bonchev–Trinajstić information content (AvgIpc) is 2.79. The Kier molecular flexibility index (Phi) is 4.16. The minimum atomic E-state index is 0.0239. The van der Waals surface area contributed by atoms with E-state index in [4.69, 9.17) is 11.6 Å². The maximum absolute atomic E-state index is 6.62. The van der Waals surface area contributed by atoms with Crippen molar-refractivity contribution >= 4 is 49.6 Å². The number of hydrogen-bond donors (Lipinski definition) is 0. The molecular weight excluding hydrogens is 352 g/mol. The van der Waals surface area contributed by atoms with E-state index in [9.17, 15) is 0 Å². The van der Waals surface area contributed by atoms with E-state index >= 15 is 0 Å². The first kappa shape index (κ1) is 14.1. The summed E-state index contributed by atoms with van der Waals surface area (Å²) in [6.07, 6.45) is 0.856. The van der Waals surface area contributed by atoms with E-state index in [2.05, 4.69) is 71.4 Å². The van der Waals surface area contributed by atoms with Gasteiger partial charge in [-0.1, -0.05) is 42.5 Å². The second-order valence-corrected chi connectivity index (χ2v) is 7.84. The monoisotopic (exact) mass is 364 g/mol. The number of alkyl halides is 1. The van der Waals surface area contributed by atoms with Gasteiger partial charge in [-0.3, -0.25) is 0 Å². The molecule has 0 amide bonds. The van der Waals surface area contributed by atoms with Gasteiger partial charge in [0.25, 0.3) is 0 Å². The van der Waals surface area contributed by atoms with E-state index in [0.29, 0.717) is 0 Å². The SMILES string of the molecule is Cc1cc(C(Cl)Cc2cccc3ccccc23)sc1Br. The number of benzene rings is 2. The lowest BCUT2D eigenvalue weighted by molar-refractivity contribution is 0.947. The van der Waals surface area contributed by atoms with Crippen LogP contribution >= 0.6 is 38.9 Å². The molecule has 1 atom stereocenters. The molecule has 102 valence electrons. The van der Waals surface area contributed by atoms with E-state index in [0.717, 1.165) is 6.42 Å². The van der Waals surface area contributed by atoms with Crippen LogP contribution in [0.1, 0.15) is 21.4 Å². The first-order valence-corrected chi connectivity index (χ1v) is 8.56. The molecule has 0 aliphatic rings. The summed E-state index contributed by atoms with van der Waals surface area (Å²) in [6, 6.07) is 17.1. The Balaban J connectivity index is 1.93. The van der Waals surface area contributed by atoms with Crippen molar-refractivity contribution in [1.82, 2.24) is 0 Å². The number of aryl methyl sites for hydroxylation is 1. The van der Waals surface area contributed by atoms with Gasteiger partial charge in [-0.05, 0) is 57.2 Å². The Bertz CT molecular complexity index is 723. The molecule has 1 unspecified atom stereocenters. The van der Waals surface area contributed by atoms with Gasteiger partial charge >= 0.3 is 0 Å². The molecule has 0 N–H and O–H groups in total. The highest BCUT2D eigenvalue weighted by Gasteiger charge is 2.14. The van der Waals surface area contributed by atoms with Crippen molar-refractivity contribution in [2.24, 2.45) is 0 Å². The molecule has 0 spiro atoms. The van der Waals surface area contributed by atoms with Gasteiger partial charge < -0.3 is 0 Å². The molecule has 0 aliphatic carbocycles. The average molecular weight is 366 g/mol. The van der Waals surface area contributed by atoms with Gasteiger partial charge in [-0.15, -0.1) is 22.9 Å². The molecule has 0 bridgehead atoms. The maximum atomic E-state index is 6.62. The van der Waals surface area contributed by atoms with E-state index in [-0.39, 0.29) is 5.38 Å². The summed E-state index contributed by atoms with van der Waals surface area (Å²) in [5, 5.41) is 2.60. The van der Waals surface area contributed by atoms with E-state index in [1.165, 1.54) is 30.6 Å².